The summed E-state index contributed by atoms with van der Waals surface area (Å²) in [4.78, 5) is 6.75. The number of hydrogen-bond acceptors (Lipinski definition) is 4. The Bertz CT molecular complexity index is 3620. The van der Waals surface area contributed by atoms with Crippen LogP contribution < -0.4 is 19.4 Å². The van der Waals surface area contributed by atoms with Gasteiger partial charge in [0.15, 0.2) is 0 Å². The third kappa shape index (κ3) is 18.4. The van der Waals surface area contributed by atoms with E-state index >= 15 is 0 Å². The van der Waals surface area contributed by atoms with Crippen molar-refractivity contribution >= 4 is 123 Å². The maximum Gasteiger partial charge on any atom is 0.119 e. The molecule has 0 N–H and O–H groups in total. The fraction of sp³-hybridized carbons (Fsp3) is 0.0380. The maximum absolute atomic E-state index is 5.24. The van der Waals surface area contributed by atoms with Crippen LogP contribution in [0.25, 0.3) is 24.3 Å². The van der Waals surface area contributed by atoms with E-state index in [0.717, 1.165) is 76.8 Å². The zero-order valence-electron chi connectivity index (χ0n) is 48.1. The number of anilines is 9. The van der Waals surface area contributed by atoms with Crippen molar-refractivity contribution in [2.24, 2.45) is 0 Å². The highest BCUT2D eigenvalue weighted by molar-refractivity contribution is 9.11. The van der Waals surface area contributed by atoms with Crippen molar-refractivity contribution in [3.05, 3.63) is 369 Å². The average Bonchev–Trinajstić information content (AvgIpc) is 3.58. The summed E-state index contributed by atoms with van der Waals surface area (Å²) in [5, 5.41) is 0. The number of nitrogens with zero attached hydrogens (tertiary/aromatic N) is 3. The minimum absolute atomic E-state index is 0.861. The lowest BCUT2D eigenvalue weighted by molar-refractivity contribution is 0.415. The van der Waals surface area contributed by atoms with Crippen LogP contribution in [-0.4, -0.2) is 7.11 Å². The summed E-state index contributed by atoms with van der Waals surface area (Å²) in [6, 6.07) is 113. The topological polar surface area (TPSA) is 19.0 Å². The Balaban J connectivity index is 0.000000145. The van der Waals surface area contributed by atoms with Gasteiger partial charge >= 0.3 is 0 Å². The van der Waals surface area contributed by atoms with E-state index in [4.69, 9.17) is 4.74 Å². The molecule has 0 heterocycles. The van der Waals surface area contributed by atoms with E-state index in [9.17, 15) is 0 Å². The molecule has 0 aliphatic carbocycles. The Morgan fingerprint density at radius 3 is 0.674 bits per heavy atom. The van der Waals surface area contributed by atoms with Crippen molar-refractivity contribution in [2.45, 2.75) is 13.3 Å². The Labute approximate surface area is 533 Å². The summed E-state index contributed by atoms with van der Waals surface area (Å²) >= 11 is 10.3. The van der Waals surface area contributed by atoms with Crippen LogP contribution in [0.3, 0.4) is 0 Å². The van der Waals surface area contributed by atoms with Crippen LogP contribution in [0, 0.1) is 0 Å². The number of rotatable bonds is 15. The van der Waals surface area contributed by atoms with E-state index in [1.165, 1.54) is 27.8 Å². The van der Waals surface area contributed by atoms with Gasteiger partial charge in [0.25, 0.3) is 0 Å². The van der Waals surface area contributed by atoms with Crippen LogP contribution in [0.15, 0.2) is 341 Å². The van der Waals surface area contributed by atoms with Gasteiger partial charge in [0.1, 0.15) is 5.75 Å². The lowest BCUT2D eigenvalue weighted by Gasteiger charge is -2.25. The SMILES string of the molecule is Brc1ccc(/C=C/c2ccc(N(c3ccccc3)c3ccccc3)cc2)cc1.Brc1ccc(/C=C\c2ccc(N(c3ccccc3)c3ccccc3)cc2)cc1.CCc1ccc(Br)cc1.COc1ccc(N(c2ccccc2)c2ccccc2)cc1. The molecular weight excluding hydrogens is 1250 g/mol. The van der Waals surface area contributed by atoms with Gasteiger partial charge in [-0.1, -0.05) is 249 Å². The van der Waals surface area contributed by atoms with E-state index in [2.05, 4.69) is 373 Å². The van der Waals surface area contributed by atoms with Gasteiger partial charge in [0.2, 0.25) is 0 Å². The summed E-state index contributed by atoms with van der Waals surface area (Å²) in [6.45, 7) is 2.16. The minimum Gasteiger partial charge on any atom is -0.497 e. The molecule has 0 aliphatic heterocycles. The van der Waals surface area contributed by atoms with Gasteiger partial charge in [-0.3, -0.25) is 0 Å². The molecule has 0 saturated heterocycles. The van der Waals surface area contributed by atoms with Crippen molar-refractivity contribution in [3.8, 4) is 5.75 Å². The largest absolute Gasteiger partial charge is 0.497 e. The number of ether oxygens (including phenoxy) is 1. The quantitative estimate of drug-likeness (QED) is 0.0952. The highest BCUT2D eigenvalue weighted by atomic mass is 79.9. The first-order valence-electron chi connectivity index (χ1n) is 28.5. The molecule has 12 aromatic carbocycles. The minimum atomic E-state index is 0.861. The molecule has 0 bridgehead atoms. The van der Waals surface area contributed by atoms with Crippen molar-refractivity contribution in [1.82, 2.24) is 0 Å². The fourth-order valence-electron chi connectivity index (χ4n) is 9.26. The van der Waals surface area contributed by atoms with Crippen molar-refractivity contribution in [3.63, 3.8) is 0 Å². The van der Waals surface area contributed by atoms with Crippen molar-refractivity contribution < 1.29 is 4.74 Å². The lowest BCUT2D eigenvalue weighted by Crippen LogP contribution is -2.09. The number of para-hydroxylation sites is 6. The fourth-order valence-corrected chi connectivity index (χ4v) is 10.1. The second-order valence-corrected chi connectivity index (χ2v) is 22.4. The number of halogens is 3. The Morgan fingerprint density at radius 1 is 0.256 bits per heavy atom. The van der Waals surface area contributed by atoms with Crippen LogP contribution in [0.2, 0.25) is 0 Å². The monoisotopic (exact) mass is 1310 g/mol. The van der Waals surface area contributed by atoms with Crippen molar-refractivity contribution in [1.29, 1.82) is 0 Å². The molecule has 0 aliphatic rings. The van der Waals surface area contributed by atoms with E-state index in [1.54, 1.807) is 7.11 Å². The van der Waals surface area contributed by atoms with E-state index in [-0.39, 0.29) is 0 Å². The molecule has 0 amide bonds. The molecule has 12 rings (SSSR count). The molecule has 0 fully saturated rings. The molecule has 0 spiro atoms. The van der Waals surface area contributed by atoms with Gasteiger partial charge in [0, 0.05) is 64.6 Å². The number of hydrogen-bond donors (Lipinski definition) is 0. The normalized spacial score (nSPS) is 10.6. The number of benzene rings is 12. The molecule has 0 atom stereocenters. The van der Waals surface area contributed by atoms with Crippen LogP contribution in [0.1, 0.15) is 34.7 Å². The molecule has 0 aromatic heterocycles. The van der Waals surface area contributed by atoms with Crippen molar-refractivity contribution in [2.75, 3.05) is 21.8 Å². The first-order chi connectivity index (χ1) is 42.3. The van der Waals surface area contributed by atoms with Crippen LogP contribution in [0.4, 0.5) is 51.2 Å². The molecule has 12 aromatic rings. The Kier molecular flexibility index (Phi) is 23.3. The van der Waals surface area contributed by atoms with Gasteiger partial charge in [-0.25, -0.2) is 0 Å². The number of methoxy groups -OCH3 is 1. The highest BCUT2D eigenvalue weighted by Gasteiger charge is 2.14. The summed E-state index contributed by atoms with van der Waals surface area (Å²) in [7, 11) is 1.68. The van der Waals surface area contributed by atoms with Crippen LogP contribution in [0.5, 0.6) is 5.75 Å². The molecule has 0 unspecified atom stereocenters. The van der Waals surface area contributed by atoms with Gasteiger partial charge < -0.3 is 19.4 Å². The standard InChI is InChI=1S/2C26H20BrN.C19H17NO.C8H9Br/c2*27-23-17-13-21(14-18-23)11-12-22-15-19-26(20-16-22)28(24-7-3-1-4-8-24)25-9-5-2-6-10-25;1-21-19-14-12-18(13-15-19)20(16-8-4-2-5-9-16)17-10-6-3-7-11-17;1-2-7-3-5-8(9)6-4-7/h2*1-20H;2-15H,1H3;3-6H,2H2,1H3/b12-11+;12-11-;;. The second kappa shape index (κ2) is 32.7. The van der Waals surface area contributed by atoms with Gasteiger partial charge in [-0.05, 0) is 192 Å². The summed E-state index contributed by atoms with van der Waals surface area (Å²) in [5.41, 5.74) is 16.3. The summed E-state index contributed by atoms with van der Waals surface area (Å²) in [5.74, 6) is 0.861. The molecule has 4 nitrogen and oxygen atoms in total. The molecule has 0 radical (unpaired) electrons. The highest BCUT2D eigenvalue weighted by Crippen LogP contribution is 2.37. The Morgan fingerprint density at radius 2 is 0.453 bits per heavy atom. The van der Waals surface area contributed by atoms with Gasteiger partial charge in [0.05, 0.1) is 7.11 Å². The van der Waals surface area contributed by atoms with Gasteiger partial charge in [-0.2, -0.15) is 0 Å². The lowest BCUT2D eigenvalue weighted by atomic mass is 10.1. The second-order valence-electron chi connectivity index (χ2n) is 19.7. The average molecular weight is 1310 g/mol. The van der Waals surface area contributed by atoms with E-state index in [1.807, 2.05) is 48.5 Å². The van der Waals surface area contributed by atoms with Crippen LogP contribution in [-0.2, 0) is 6.42 Å². The third-order valence-electron chi connectivity index (χ3n) is 13.7. The number of aryl methyl sites for hydroxylation is 1. The zero-order chi connectivity index (χ0) is 59.6. The predicted molar refractivity (Wildman–Crippen MR) is 380 cm³/mol. The van der Waals surface area contributed by atoms with Crippen LogP contribution >= 0.6 is 47.8 Å². The van der Waals surface area contributed by atoms with E-state index in [0.29, 0.717) is 0 Å². The predicted octanol–water partition coefficient (Wildman–Crippen LogP) is 24.4. The summed E-state index contributed by atoms with van der Waals surface area (Å²) in [6.07, 6.45) is 9.67. The Hall–Kier alpha value is -9.24. The first-order valence-corrected chi connectivity index (χ1v) is 30.8. The molecular formula is C79H66Br3N3O. The maximum atomic E-state index is 5.24. The smallest absolute Gasteiger partial charge is 0.119 e. The molecule has 86 heavy (non-hydrogen) atoms. The summed E-state index contributed by atoms with van der Waals surface area (Å²) < 4.78 is 8.58. The molecule has 0 saturated carbocycles. The zero-order valence-corrected chi connectivity index (χ0v) is 52.8. The van der Waals surface area contributed by atoms with Gasteiger partial charge in [-0.15, -0.1) is 0 Å². The first kappa shape index (κ1) is 61.3. The molecule has 7 heteroatoms. The third-order valence-corrected chi connectivity index (χ3v) is 15.3. The molecule has 424 valence electrons. The van der Waals surface area contributed by atoms with E-state index < -0.39 is 0 Å².